The zero-order valence-corrected chi connectivity index (χ0v) is 14.6. The van der Waals surface area contributed by atoms with Crippen molar-refractivity contribution < 1.29 is 33.3 Å². The first kappa shape index (κ1) is 16.8. The molecule has 1 aromatic heterocycles. The molecule has 0 aliphatic carbocycles. The van der Waals surface area contributed by atoms with Crippen LogP contribution in [0.25, 0.3) is 22.6 Å². The Morgan fingerprint density at radius 2 is 1.81 bits per heavy atom. The van der Waals surface area contributed by atoms with E-state index in [1.54, 1.807) is 36.6 Å². The number of benzene rings is 2. The van der Waals surface area contributed by atoms with E-state index in [-0.39, 0.29) is 12.4 Å². The van der Waals surface area contributed by atoms with Gasteiger partial charge in [0.2, 0.25) is 6.79 Å². The van der Waals surface area contributed by atoms with Crippen molar-refractivity contribution in [2.45, 2.75) is 0 Å². The second-order valence-corrected chi connectivity index (χ2v) is 5.82. The summed E-state index contributed by atoms with van der Waals surface area (Å²) in [5.41, 5.74) is 1.67. The number of carbonyl (C=O) groups is 1. The van der Waals surface area contributed by atoms with E-state index in [4.69, 9.17) is 23.4 Å². The van der Waals surface area contributed by atoms with E-state index in [9.17, 15) is 9.90 Å². The van der Waals surface area contributed by atoms with Crippen LogP contribution in [0.3, 0.4) is 0 Å². The molecule has 1 aliphatic heterocycles. The van der Waals surface area contributed by atoms with E-state index < -0.39 is 5.97 Å². The topological polar surface area (TPSA) is 87.4 Å². The molecule has 4 rings (SSSR count). The minimum Gasteiger partial charge on any atom is -0.496 e. The van der Waals surface area contributed by atoms with Crippen LogP contribution in [0.4, 0.5) is 0 Å². The Balaban J connectivity index is 1.90. The predicted octanol–water partition coefficient (Wildman–Crippen LogP) is 3.80. The highest BCUT2D eigenvalue weighted by molar-refractivity contribution is 6.22. The van der Waals surface area contributed by atoms with Gasteiger partial charge in [0.15, 0.2) is 11.5 Å². The minimum atomic E-state index is -1.11. The van der Waals surface area contributed by atoms with Crippen molar-refractivity contribution in [3.63, 3.8) is 0 Å². The van der Waals surface area contributed by atoms with Crippen molar-refractivity contribution in [2.24, 2.45) is 0 Å². The maximum Gasteiger partial charge on any atom is 0.336 e. The summed E-state index contributed by atoms with van der Waals surface area (Å²) in [6, 6.07) is 8.54. The number of ether oxygens (including phenoxy) is 4. The van der Waals surface area contributed by atoms with Crippen LogP contribution >= 0.6 is 0 Å². The highest BCUT2D eigenvalue weighted by atomic mass is 16.7. The molecule has 2 aromatic carbocycles. The fourth-order valence-corrected chi connectivity index (χ4v) is 3.01. The van der Waals surface area contributed by atoms with Crippen molar-refractivity contribution in [3.05, 3.63) is 47.7 Å². The zero-order valence-electron chi connectivity index (χ0n) is 14.6. The van der Waals surface area contributed by atoms with Gasteiger partial charge in [-0.2, -0.15) is 0 Å². The van der Waals surface area contributed by atoms with Gasteiger partial charge >= 0.3 is 5.97 Å². The predicted molar refractivity (Wildman–Crippen MR) is 97.4 cm³/mol. The lowest BCUT2D eigenvalue weighted by molar-refractivity contribution is -0.130. The maximum absolute atomic E-state index is 12.0. The standard InChI is InChI=1S/C20H16O7/c1-23-15-8-16-11(3-4-25-16)5-12(15)6-14(20(21)22)13-7-18-19(27-10-26-18)9-17(13)24-2/h3-9H,10H2,1-2H3,(H,21,22). The highest BCUT2D eigenvalue weighted by Gasteiger charge is 2.23. The van der Waals surface area contributed by atoms with Gasteiger partial charge in [0, 0.05) is 28.6 Å². The van der Waals surface area contributed by atoms with Gasteiger partial charge in [0.05, 0.1) is 26.1 Å². The molecule has 0 amide bonds. The van der Waals surface area contributed by atoms with Crippen molar-refractivity contribution in [2.75, 3.05) is 21.0 Å². The normalized spacial score (nSPS) is 13.0. The Morgan fingerprint density at radius 3 is 2.52 bits per heavy atom. The van der Waals surface area contributed by atoms with Gasteiger partial charge in [-0.3, -0.25) is 0 Å². The summed E-state index contributed by atoms with van der Waals surface area (Å²) in [4.78, 5) is 12.0. The van der Waals surface area contributed by atoms with Crippen LogP contribution in [0.1, 0.15) is 11.1 Å². The van der Waals surface area contributed by atoms with Crippen LogP contribution in [-0.4, -0.2) is 32.1 Å². The van der Waals surface area contributed by atoms with Crippen molar-refractivity contribution in [1.29, 1.82) is 0 Å². The van der Waals surface area contributed by atoms with Crippen LogP contribution in [0.15, 0.2) is 41.0 Å². The lowest BCUT2D eigenvalue weighted by atomic mass is 10.00. The monoisotopic (exact) mass is 368 g/mol. The van der Waals surface area contributed by atoms with Crippen LogP contribution < -0.4 is 18.9 Å². The van der Waals surface area contributed by atoms with Crippen LogP contribution in [0.5, 0.6) is 23.0 Å². The van der Waals surface area contributed by atoms with Gasteiger partial charge in [-0.15, -0.1) is 0 Å². The third-order valence-corrected chi connectivity index (χ3v) is 4.32. The first-order chi connectivity index (χ1) is 13.1. The summed E-state index contributed by atoms with van der Waals surface area (Å²) in [5, 5.41) is 10.7. The van der Waals surface area contributed by atoms with Crippen LogP contribution in [0.2, 0.25) is 0 Å². The third-order valence-electron chi connectivity index (χ3n) is 4.32. The number of fused-ring (bicyclic) bond motifs is 2. The van der Waals surface area contributed by atoms with Gasteiger partial charge in [0.25, 0.3) is 0 Å². The molecule has 7 heteroatoms. The van der Waals surface area contributed by atoms with Gasteiger partial charge < -0.3 is 28.5 Å². The Kier molecular flexibility index (Phi) is 4.12. The first-order valence-corrected chi connectivity index (χ1v) is 8.09. The summed E-state index contributed by atoms with van der Waals surface area (Å²) < 4.78 is 26.8. The Morgan fingerprint density at radius 1 is 1.07 bits per heavy atom. The number of hydrogen-bond acceptors (Lipinski definition) is 6. The number of carboxylic acids is 1. The lowest BCUT2D eigenvalue weighted by Gasteiger charge is -2.12. The fraction of sp³-hybridized carbons (Fsp3) is 0.150. The summed E-state index contributed by atoms with van der Waals surface area (Å²) in [5.74, 6) is 0.738. The second kappa shape index (κ2) is 6.60. The van der Waals surface area contributed by atoms with E-state index in [2.05, 4.69) is 0 Å². The molecule has 27 heavy (non-hydrogen) atoms. The first-order valence-electron chi connectivity index (χ1n) is 8.09. The summed E-state index contributed by atoms with van der Waals surface area (Å²) in [7, 11) is 2.99. The molecule has 0 radical (unpaired) electrons. The van der Waals surface area contributed by atoms with Gasteiger partial charge in [-0.25, -0.2) is 4.79 Å². The molecule has 0 fully saturated rings. The third kappa shape index (κ3) is 2.93. The quantitative estimate of drug-likeness (QED) is 0.541. The average Bonchev–Trinajstić information content (AvgIpc) is 3.31. The van der Waals surface area contributed by atoms with E-state index in [0.717, 1.165) is 5.39 Å². The Bertz CT molecular complexity index is 1060. The van der Waals surface area contributed by atoms with E-state index in [0.29, 0.717) is 39.7 Å². The minimum absolute atomic E-state index is 0.0336. The molecule has 0 saturated heterocycles. The molecule has 0 saturated carbocycles. The molecular weight excluding hydrogens is 352 g/mol. The molecule has 2 heterocycles. The molecule has 0 unspecified atom stereocenters. The fourth-order valence-electron chi connectivity index (χ4n) is 3.01. The summed E-state index contributed by atoms with van der Waals surface area (Å²) in [6.45, 7) is 0.0824. The number of hydrogen-bond donors (Lipinski definition) is 1. The van der Waals surface area contributed by atoms with Crippen LogP contribution in [0, 0.1) is 0 Å². The molecule has 7 nitrogen and oxygen atoms in total. The highest BCUT2D eigenvalue weighted by Crippen LogP contribution is 2.41. The van der Waals surface area contributed by atoms with Crippen molar-refractivity contribution in [3.8, 4) is 23.0 Å². The zero-order chi connectivity index (χ0) is 19.0. The molecule has 0 atom stereocenters. The van der Waals surface area contributed by atoms with Crippen molar-refractivity contribution >= 4 is 28.6 Å². The Labute approximate surface area is 154 Å². The SMILES string of the molecule is COc1cc2occc2cc1C=C(C(=O)O)c1cc2c(cc1OC)OCO2. The smallest absolute Gasteiger partial charge is 0.336 e. The van der Waals surface area contributed by atoms with Gasteiger partial charge in [-0.1, -0.05) is 0 Å². The van der Waals surface area contributed by atoms with Gasteiger partial charge in [-0.05, 0) is 24.3 Å². The molecule has 1 N–H and O–H groups in total. The molecule has 3 aromatic rings. The second-order valence-electron chi connectivity index (χ2n) is 5.82. The van der Waals surface area contributed by atoms with Crippen LogP contribution in [-0.2, 0) is 4.79 Å². The molecule has 1 aliphatic rings. The molecule has 138 valence electrons. The lowest BCUT2D eigenvalue weighted by Crippen LogP contribution is -2.02. The molecule has 0 spiro atoms. The molecule has 0 bridgehead atoms. The summed E-state index contributed by atoms with van der Waals surface area (Å²) >= 11 is 0. The summed E-state index contributed by atoms with van der Waals surface area (Å²) in [6.07, 6.45) is 3.10. The van der Waals surface area contributed by atoms with E-state index >= 15 is 0 Å². The van der Waals surface area contributed by atoms with E-state index in [1.807, 2.05) is 0 Å². The van der Waals surface area contributed by atoms with Crippen molar-refractivity contribution in [1.82, 2.24) is 0 Å². The maximum atomic E-state index is 12.0. The average molecular weight is 368 g/mol. The van der Waals surface area contributed by atoms with E-state index in [1.165, 1.54) is 20.3 Å². The number of furan rings is 1. The number of aliphatic carboxylic acids is 1. The number of rotatable bonds is 5. The number of methoxy groups -OCH3 is 2. The Hall–Kier alpha value is -3.61. The van der Waals surface area contributed by atoms with Gasteiger partial charge in [0.1, 0.15) is 17.1 Å². The largest absolute Gasteiger partial charge is 0.496 e. The molecular formula is C20H16O7. The number of carboxylic acid groups (broad SMARTS) is 1.